The minimum absolute atomic E-state index is 0.818. The van der Waals surface area contributed by atoms with E-state index in [9.17, 15) is 0 Å². The maximum atomic E-state index is 5.82. The molecule has 1 aromatic rings. The van der Waals surface area contributed by atoms with E-state index in [0.29, 0.717) is 0 Å². The van der Waals surface area contributed by atoms with Gasteiger partial charge in [-0.1, -0.05) is 6.42 Å². The van der Waals surface area contributed by atoms with Crippen molar-refractivity contribution in [2.24, 2.45) is 0 Å². The molecule has 3 rings (SSSR count). The second-order valence-corrected chi connectivity index (χ2v) is 6.18. The zero-order valence-electron chi connectivity index (χ0n) is 12.3. The minimum Gasteiger partial charge on any atom is -0.399 e. The Balaban J connectivity index is 1.48. The van der Waals surface area contributed by atoms with Gasteiger partial charge in [0.15, 0.2) is 0 Å². The first-order valence-corrected chi connectivity index (χ1v) is 7.98. The van der Waals surface area contributed by atoms with E-state index in [1.165, 1.54) is 58.3 Å². The standard InChI is InChI=1S/C16H26N4/c17-14-4-7-18-15(12-14)13-19-10-5-16(6-11-19)20-8-2-1-3-9-20/h4,7,12,16H,1-3,5-6,8-11,13H2,(H2,17,18). The van der Waals surface area contributed by atoms with Gasteiger partial charge in [-0.05, 0) is 50.9 Å². The van der Waals surface area contributed by atoms with E-state index in [4.69, 9.17) is 5.73 Å². The van der Waals surface area contributed by atoms with Crippen LogP contribution in [0.4, 0.5) is 5.69 Å². The monoisotopic (exact) mass is 274 g/mol. The summed E-state index contributed by atoms with van der Waals surface area (Å²) < 4.78 is 0. The summed E-state index contributed by atoms with van der Waals surface area (Å²) in [6.45, 7) is 5.97. The Morgan fingerprint density at radius 2 is 1.85 bits per heavy atom. The molecule has 0 aromatic carbocycles. The molecule has 0 aliphatic carbocycles. The summed E-state index contributed by atoms with van der Waals surface area (Å²) >= 11 is 0. The van der Waals surface area contributed by atoms with Gasteiger partial charge in [0.2, 0.25) is 0 Å². The molecule has 0 spiro atoms. The van der Waals surface area contributed by atoms with Crippen LogP contribution in [0.3, 0.4) is 0 Å². The summed E-state index contributed by atoms with van der Waals surface area (Å²) in [5.74, 6) is 0. The molecule has 110 valence electrons. The molecule has 2 aliphatic rings. The van der Waals surface area contributed by atoms with Gasteiger partial charge in [0.05, 0.1) is 5.69 Å². The van der Waals surface area contributed by atoms with Crippen molar-refractivity contribution in [2.75, 3.05) is 31.9 Å². The average molecular weight is 274 g/mol. The molecule has 20 heavy (non-hydrogen) atoms. The maximum absolute atomic E-state index is 5.82. The first kappa shape index (κ1) is 13.8. The summed E-state index contributed by atoms with van der Waals surface area (Å²) in [5.41, 5.74) is 7.73. The number of piperidine rings is 2. The van der Waals surface area contributed by atoms with Crippen LogP contribution in [0, 0.1) is 0 Å². The number of anilines is 1. The van der Waals surface area contributed by atoms with Crippen LogP contribution < -0.4 is 5.73 Å². The lowest BCUT2D eigenvalue weighted by atomic mass is 10.00. The van der Waals surface area contributed by atoms with E-state index >= 15 is 0 Å². The molecular formula is C16H26N4. The van der Waals surface area contributed by atoms with Crippen LogP contribution in [0.1, 0.15) is 37.8 Å². The van der Waals surface area contributed by atoms with Gasteiger partial charge in [-0.15, -0.1) is 0 Å². The van der Waals surface area contributed by atoms with Gasteiger partial charge in [0.25, 0.3) is 0 Å². The molecule has 2 aliphatic heterocycles. The Hall–Kier alpha value is -1.13. The molecule has 2 fully saturated rings. The third-order valence-corrected chi connectivity index (χ3v) is 4.69. The van der Waals surface area contributed by atoms with Crippen LogP contribution in [-0.2, 0) is 6.54 Å². The Labute approximate surface area is 122 Å². The van der Waals surface area contributed by atoms with Crippen molar-refractivity contribution in [1.82, 2.24) is 14.8 Å². The number of pyridine rings is 1. The lowest BCUT2D eigenvalue weighted by Gasteiger charge is -2.40. The topological polar surface area (TPSA) is 45.4 Å². The van der Waals surface area contributed by atoms with Gasteiger partial charge in [0, 0.05) is 37.6 Å². The lowest BCUT2D eigenvalue weighted by molar-refractivity contribution is 0.0891. The predicted molar refractivity (Wildman–Crippen MR) is 82.4 cm³/mol. The zero-order valence-corrected chi connectivity index (χ0v) is 12.3. The van der Waals surface area contributed by atoms with Crippen molar-refractivity contribution in [3.05, 3.63) is 24.0 Å². The van der Waals surface area contributed by atoms with Gasteiger partial charge in [-0.3, -0.25) is 9.88 Å². The quantitative estimate of drug-likeness (QED) is 0.917. The number of likely N-dealkylation sites (tertiary alicyclic amines) is 2. The number of nitrogen functional groups attached to an aromatic ring is 1. The second-order valence-electron chi connectivity index (χ2n) is 6.18. The van der Waals surface area contributed by atoms with Crippen molar-refractivity contribution >= 4 is 5.69 Å². The molecule has 0 bridgehead atoms. The normalized spacial score (nSPS) is 23.0. The average Bonchev–Trinajstić information content (AvgIpc) is 2.49. The fraction of sp³-hybridized carbons (Fsp3) is 0.688. The van der Waals surface area contributed by atoms with Crippen LogP contribution in [0.2, 0.25) is 0 Å². The highest BCUT2D eigenvalue weighted by Gasteiger charge is 2.25. The van der Waals surface area contributed by atoms with Crippen molar-refractivity contribution in [3.8, 4) is 0 Å². The number of aromatic nitrogens is 1. The van der Waals surface area contributed by atoms with Crippen molar-refractivity contribution in [3.63, 3.8) is 0 Å². The highest BCUT2D eigenvalue weighted by molar-refractivity contribution is 5.37. The Kier molecular flexibility index (Phi) is 4.53. The molecule has 2 saturated heterocycles. The van der Waals surface area contributed by atoms with Crippen molar-refractivity contribution in [1.29, 1.82) is 0 Å². The number of hydrogen-bond donors (Lipinski definition) is 1. The largest absolute Gasteiger partial charge is 0.399 e. The van der Waals surface area contributed by atoms with E-state index in [0.717, 1.165) is 24.0 Å². The van der Waals surface area contributed by atoms with Gasteiger partial charge in [-0.2, -0.15) is 0 Å². The second kappa shape index (κ2) is 6.55. The Morgan fingerprint density at radius 1 is 1.10 bits per heavy atom. The van der Waals surface area contributed by atoms with Crippen LogP contribution in [0.5, 0.6) is 0 Å². The van der Waals surface area contributed by atoms with Gasteiger partial charge in [0.1, 0.15) is 0 Å². The molecule has 4 nitrogen and oxygen atoms in total. The number of rotatable bonds is 3. The molecular weight excluding hydrogens is 248 g/mol. The lowest BCUT2D eigenvalue weighted by Crippen LogP contribution is -2.46. The van der Waals surface area contributed by atoms with Crippen LogP contribution >= 0.6 is 0 Å². The number of nitrogens with two attached hydrogens (primary N) is 1. The third-order valence-electron chi connectivity index (χ3n) is 4.69. The van der Waals surface area contributed by atoms with E-state index in [1.807, 2.05) is 18.3 Å². The van der Waals surface area contributed by atoms with E-state index < -0.39 is 0 Å². The van der Waals surface area contributed by atoms with E-state index in [1.54, 1.807) is 0 Å². The zero-order chi connectivity index (χ0) is 13.8. The number of hydrogen-bond acceptors (Lipinski definition) is 4. The number of nitrogens with zero attached hydrogens (tertiary/aromatic N) is 3. The molecule has 2 N–H and O–H groups in total. The molecule has 0 unspecified atom stereocenters. The van der Waals surface area contributed by atoms with Gasteiger partial charge in [-0.25, -0.2) is 0 Å². The first-order valence-electron chi connectivity index (χ1n) is 7.98. The van der Waals surface area contributed by atoms with E-state index in [-0.39, 0.29) is 0 Å². The van der Waals surface area contributed by atoms with Crippen LogP contribution in [0.15, 0.2) is 18.3 Å². The maximum Gasteiger partial charge on any atom is 0.0564 e. The Morgan fingerprint density at radius 3 is 2.55 bits per heavy atom. The molecule has 0 amide bonds. The molecule has 0 atom stereocenters. The summed E-state index contributed by atoms with van der Waals surface area (Å²) in [7, 11) is 0. The highest BCUT2D eigenvalue weighted by Crippen LogP contribution is 2.21. The molecule has 0 saturated carbocycles. The summed E-state index contributed by atoms with van der Waals surface area (Å²) in [4.78, 5) is 9.65. The van der Waals surface area contributed by atoms with Crippen LogP contribution in [0.25, 0.3) is 0 Å². The fourth-order valence-corrected chi connectivity index (χ4v) is 3.54. The first-order chi connectivity index (χ1) is 9.81. The van der Waals surface area contributed by atoms with Crippen molar-refractivity contribution < 1.29 is 0 Å². The highest BCUT2D eigenvalue weighted by atomic mass is 15.2. The summed E-state index contributed by atoms with van der Waals surface area (Å²) in [6.07, 6.45) is 8.65. The fourth-order valence-electron chi connectivity index (χ4n) is 3.54. The molecule has 0 radical (unpaired) electrons. The molecule has 1 aromatic heterocycles. The third kappa shape index (κ3) is 3.49. The van der Waals surface area contributed by atoms with Crippen LogP contribution in [-0.4, -0.2) is 47.0 Å². The molecule has 3 heterocycles. The van der Waals surface area contributed by atoms with Crippen molar-refractivity contribution in [2.45, 2.75) is 44.7 Å². The minimum atomic E-state index is 0.818. The SMILES string of the molecule is Nc1ccnc(CN2CCC(N3CCCCC3)CC2)c1. The Bertz CT molecular complexity index is 420. The van der Waals surface area contributed by atoms with Gasteiger partial charge >= 0.3 is 0 Å². The summed E-state index contributed by atoms with van der Waals surface area (Å²) in [5, 5.41) is 0. The predicted octanol–water partition coefficient (Wildman–Crippen LogP) is 2.11. The van der Waals surface area contributed by atoms with Gasteiger partial charge < -0.3 is 10.6 Å². The van der Waals surface area contributed by atoms with E-state index in [2.05, 4.69) is 14.8 Å². The molecule has 4 heteroatoms. The summed E-state index contributed by atoms with van der Waals surface area (Å²) in [6, 6.07) is 4.67. The smallest absolute Gasteiger partial charge is 0.0564 e.